The second-order valence-corrected chi connectivity index (χ2v) is 6.03. The number of nitrogens with two attached hydrogens (primary N) is 1. The van der Waals surface area contributed by atoms with Crippen molar-refractivity contribution in [2.75, 3.05) is 18.0 Å². The highest BCUT2D eigenvalue weighted by Gasteiger charge is 2.34. The zero-order valence-electron chi connectivity index (χ0n) is 11.9. The van der Waals surface area contributed by atoms with Crippen molar-refractivity contribution < 1.29 is 9.53 Å². The minimum Gasteiger partial charge on any atom is -0.443 e. The number of nitrogens with zero attached hydrogens (tertiary/aromatic N) is 4. The Balaban J connectivity index is 2.15. The molecule has 1 aromatic rings. The molecule has 1 aliphatic heterocycles. The van der Waals surface area contributed by atoms with Crippen molar-refractivity contribution in [2.24, 2.45) is 5.73 Å². The zero-order chi connectivity index (χ0) is 15.6. The molecule has 112 valence electrons. The maximum atomic E-state index is 10.9. The van der Waals surface area contributed by atoms with Crippen LogP contribution < -0.4 is 10.6 Å². The van der Waals surface area contributed by atoms with E-state index in [0.717, 1.165) is 5.69 Å². The van der Waals surface area contributed by atoms with Crippen molar-refractivity contribution in [3.8, 4) is 6.07 Å². The molecule has 1 saturated heterocycles. The first-order chi connectivity index (χ1) is 9.84. The topological polar surface area (TPSA) is 105 Å². The van der Waals surface area contributed by atoms with E-state index in [1.807, 2.05) is 24.8 Å². The van der Waals surface area contributed by atoms with Crippen molar-refractivity contribution in [3.05, 3.63) is 15.9 Å². The number of primary amides is 1. The van der Waals surface area contributed by atoms with Gasteiger partial charge in [-0.3, -0.25) is 0 Å². The minimum atomic E-state index is -0.756. The molecule has 8 heteroatoms. The van der Waals surface area contributed by atoms with Crippen LogP contribution in [0.5, 0.6) is 0 Å². The molecular weight excluding hydrogens is 338 g/mol. The van der Waals surface area contributed by atoms with E-state index in [2.05, 4.69) is 25.9 Å². The van der Waals surface area contributed by atoms with E-state index in [4.69, 9.17) is 15.7 Å². The first-order valence-electron chi connectivity index (χ1n) is 6.52. The second-order valence-electron chi connectivity index (χ2n) is 5.24. The maximum absolute atomic E-state index is 10.9. The van der Waals surface area contributed by atoms with E-state index in [1.165, 1.54) is 0 Å². The molecule has 0 aliphatic carbocycles. The van der Waals surface area contributed by atoms with Crippen LogP contribution in [-0.4, -0.2) is 34.8 Å². The third-order valence-electron chi connectivity index (χ3n) is 3.56. The number of ether oxygens (including phenoxy) is 1. The summed E-state index contributed by atoms with van der Waals surface area (Å²) in [5.74, 6) is 0.522. The molecule has 7 nitrogen and oxygen atoms in total. The Morgan fingerprint density at radius 2 is 2.10 bits per heavy atom. The average molecular weight is 354 g/mol. The smallest absolute Gasteiger partial charge is 0.405 e. The molecule has 0 atom stereocenters. The maximum Gasteiger partial charge on any atom is 0.405 e. The second kappa shape index (κ2) is 5.85. The van der Waals surface area contributed by atoms with Crippen molar-refractivity contribution >= 4 is 28.0 Å². The number of hydrogen-bond donors (Lipinski definition) is 1. The Bertz CT molecular complexity index is 605. The van der Waals surface area contributed by atoms with Gasteiger partial charge in [0.15, 0.2) is 5.69 Å². The number of piperidine rings is 1. The molecule has 2 N–H and O–H groups in total. The summed E-state index contributed by atoms with van der Waals surface area (Å²) in [4.78, 5) is 21.5. The lowest BCUT2D eigenvalue weighted by atomic mass is 9.93. The average Bonchev–Trinajstić information content (AvgIpc) is 2.41. The Labute approximate surface area is 131 Å². The van der Waals surface area contributed by atoms with Crippen LogP contribution in [0.25, 0.3) is 0 Å². The summed E-state index contributed by atoms with van der Waals surface area (Å²) in [6, 6.07) is 2.05. The van der Waals surface area contributed by atoms with E-state index in [1.54, 1.807) is 0 Å². The molecule has 0 aromatic carbocycles. The number of aryl methyl sites for hydroxylation is 1. The number of nitriles is 1. The van der Waals surface area contributed by atoms with E-state index in [9.17, 15) is 4.79 Å². The summed E-state index contributed by atoms with van der Waals surface area (Å²) in [6.45, 7) is 4.95. The fourth-order valence-corrected chi connectivity index (χ4v) is 2.55. The van der Waals surface area contributed by atoms with Crippen LogP contribution in [0, 0.1) is 18.3 Å². The van der Waals surface area contributed by atoms with Gasteiger partial charge < -0.3 is 15.4 Å². The largest absolute Gasteiger partial charge is 0.443 e. The molecule has 0 spiro atoms. The standard InChI is InChI=1S/C13H16BrN5O2/c1-8-10(14)9(7-15)18-12(17-8)19-5-3-13(2,4-6-19)21-11(16)20/h3-6H2,1-2H3,(H2,16,20). The summed E-state index contributed by atoms with van der Waals surface area (Å²) in [5, 5.41) is 9.09. The number of rotatable bonds is 2. The highest BCUT2D eigenvalue weighted by Crippen LogP contribution is 2.29. The molecule has 0 radical (unpaired) electrons. The fraction of sp³-hybridized carbons (Fsp3) is 0.538. The molecule has 0 unspecified atom stereocenters. The van der Waals surface area contributed by atoms with Crippen molar-refractivity contribution in [1.82, 2.24) is 9.97 Å². The Hall–Kier alpha value is -1.88. The van der Waals surface area contributed by atoms with Gasteiger partial charge in [-0.25, -0.2) is 14.8 Å². The third-order valence-corrected chi connectivity index (χ3v) is 4.51. The highest BCUT2D eigenvalue weighted by molar-refractivity contribution is 9.10. The Kier molecular flexibility index (Phi) is 4.32. The van der Waals surface area contributed by atoms with E-state index < -0.39 is 11.7 Å². The van der Waals surface area contributed by atoms with Gasteiger partial charge in [0.25, 0.3) is 0 Å². The van der Waals surface area contributed by atoms with Crippen LogP contribution in [0.1, 0.15) is 31.2 Å². The number of hydrogen-bond acceptors (Lipinski definition) is 6. The number of anilines is 1. The van der Waals surface area contributed by atoms with Gasteiger partial charge in [-0.15, -0.1) is 0 Å². The molecule has 2 rings (SSSR count). The van der Waals surface area contributed by atoms with Crippen LogP contribution in [0.2, 0.25) is 0 Å². The molecule has 1 aromatic heterocycles. The quantitative estimate of drug-likeness (QED) is 0.869. The number of carbonyl (C=O) groups excluding carboxylic acids is 1. The lowest BCUT2D eigenvalue weighted by Crippen LogP contribution is -2.46. The predicted octanol–water partition coefficient (Wildman–Crippen LogP) is 1.87. The van der Waals surface area contributed by atoms with Crippen LogP contribution >= 0.6 is 15.9 Å². The van der Waals surface area contributed by atoms with Crippen molar-refractivity contribution in [1.29, 1.82) is 5.26 Å². The van der Waals surface area contributed by atoms with Crippen LogP contribution in [0.15, 0.2) is 4.47 Å². The van der Waals surface area contributed by atoms with Crippen molar-refractivity contribution in [2.45, 2.75) is 32.3 Å². The van der Waals surface area contributed by atoms with Gasteiger partial charge in [-0.2, -0.15) is 5.26 Å². The number of carbonyl (C=O) groups is 1. The molecule has 2 heterocycles. The van der Waals surface area contributed by atoms with Gasteiger partial charge in [-0.05, 0) is 29.8 Å². The van der Waals surface area contributed by atoms with E-state index in [-0.39, 0.29) is 0 Å². The van der Waals surface area contributed by atoms with E-state index in [0.29, 0.717) is 42.0 Å². The first kappa shape index (κ1) is 15.5. The normalized spacial score (nSPS) is 17.1. The van der Waals surface area contributed by atoms with Crippen LogP contribution in [-0.2, 0) is 4.74 Å². The summed E-state index contributed by atoms with van der Waals surface area (Å²) >= 11 is 3.31. The van der Waals surface area contributed by atoms with Gasteiger partial charge in [0.1, 0.15) is 11.7 Å². The zero-order valence-corrected chi connectivity index (χ0v) is 13.5. The van der Waals surface area contributed by atoms with Gasteiger partial charge in [-0.1, -0.05) is 0 Å². The third kappa shape index (κ3) is 3.42. The molecule has 1 amide bonds. The lowest BCUT2D eigenvalue weighted by molar-refractivity contribution is 0.0125. The molecule has 0 saturated carbocycles. The summed E-state index contributed by atoms with van der Waals surface area (Å²) in [6.07, 6.45) is 0.514. The summed E-state index contributed by atoms with van der Waals surface area (Å²) < 4.78 is 5.78. The predicted molar refractivity (Wildman–Crippen MR) is 79.7 cm³/mol. The van der Waals surface area contributed by atoms with E-state index >= 15 is 0 Å². The van der Waals surface area contributed by atoms with Gasteiger partial charge in [0, 0.05) is 25.9 Å². The number of halogens is 1. The monoisotopic (exact) mass is 353 g/mol. The Morgan fingerprint density at radius 3 is 2.62 bits per heavy atom. The molecule has 0 bridgehead atoms. The van der Waals surface area contributed by atoms with Gasteiger partial charge in [0.05, 0.1) is 10.2 Å². The highest BCUT2D eigenvalue weighted by atomic mass is 79.9. The minimum absolute atomic E-state index is 0.319. The van der Waals surface area contributed by atoms with Crippen molar-refractivity contribution in [3.63, 3.8) is 0 Å². The van der Waals surface area contributed by atoms with Crippen LogP contribution in [0.3, 0.4) is 0 Å². The molecular formula is C13H16BrN5O2. The summed E-state index contributed by atoms with van der Waals surface area (Å²) in [5.41, 5.74) is 5.58. The SMILES string of the molecule is Cc1nc(N2CCC(C)(OC(N)=O)CC2)nc(C#N)c1Br. The molecule has 1 aliphatic rings. The number of aromatic nitrogens is 2. The Morgan fingerprint density at radius 1 is 1.48 bits per heavy atom. The summed E-state index contributed by atoms with van der Waals surface area (Å²) in [7, 11) is 0. The molecule has 21 heavy (non-hydrogen) atoms. The lowest BCUT2D eigenvalue weighted by Gasteiger charge is -2.38. The first-order valence-corrected chi connectivity index (χ1v) is 7.31. The van der Waals surface area contributed by atoms with Gasteiger partial charge >= 0.3 is 6.09 Å². The number of amides is 1. The van der Waals surface area contributed by atoms with Crippen LogP contribution in [0.4, 0.5) is 10.7 Å². The fourth-order valence-electron chi connectivity index (χ4n) is 2.28. The molecule has 1 fully saturated rings. The van der Waals surface area contributed by atoms with Gasteiger partial charge in [0.2, 0.25) is 5.95 Å².